The lowest BCUT2D eigenvalue weighted by Crippen LogP contribution is -2.30. The van der Waals surface area contributed by atoms with Gasteiger partial charge in [-0.2, -0.15) is 0 Å². The molecule has 5 nitrogen and oxygen atoms in total. The lowest BCUT2D eigenvalue weighted by Gasteiger charge is -2.29. The minimum atomic E-state index is -0.0104. The van der Waals surface area contributed by atoms with Gasteiger partial charge in [0.05, 0.1) is 29.8 Å². The summed E-state index contributed by atoms with van der Waals surface area (Å²) in [6.07, 6.45) is 5.93. The van der Waals surface area contributed by atoms with Gasteiger partial charge in [0, 0.05) is 18.8 Å². The fourth-order valence-electron chi connectivity index (χ4n) is 3.78. The lowest BCUT2D eigenvalue weighted by molar-refractivity contribution is -0.121. The molecule has 2 N–H and O–H groups in total. The molecule has 1 aliphatic rings. The molecule has 0 aliphatic carbocycles. The summed E-state index contributed by atoms with van der Waals surface area (Å²) in [5, 5.41) is 3.11. The van der Waals surface area contributed by atoms with Gasteiger partial charge < -0.3 is 15.2 Å². The van der Waals surface area contributed by atoms with Crippen LogP contribution in [-0.2, 0) is 11.2 Å². The van der Waals surface area contributed by atoms with Crippen LogP contribution in [0.2, 0.25) is 0 Å². The van der Waals surface area contributed by atoms with Crippen molar-refractivity contribution in [1.82, 2.24) is 15.3 Å². The van der Waals surface area contributed by atoms with Gasteiger partial charge in [-0.3, -0.25) is 4.79 Å². The molecule has 3 aromatic rings. The zero-order chi connectivity index (χ0) is 18.6. The molecule has 1 atom stereocenters. The molecule has 1 saturated heterocycles. The van der Waals surface area contributed by atoms with E-state index in [0.29, 0.717) is 6.42 Å². The van der Waals surface area contributed by atoms with E-state index in [0.717, 1.165) is 35.2 Å². The van der Waals surface area contributed by atoms with Crippen molar-refractivity contribution < 1.29 is 4.79 Å². The number of aromatic nitrogens is 2. The van der Waals surface area contributed by atoms with Gasteiger partial charge in [0.15, 0.2) is 0 Å². The molecule has 0 radical (unpaired) electrons. The average Bonchev–Trinajstić information content (AvgIpc) is 3.16. The monoisotopic (exact) mass is 362 g/mol. The molecule has 0 unspecified atom stereocenters. The SMILES string of the molecule is C[C@H](NC(=O)Cc1ccc2nc[nH]c2c1)c1ccc(N2CCCCC2)cc1. The molecule has 0 spiro atoms. The second-order valence-corrected chi connectivity index (χ2v) is 7.36. The van der Waals surface area contributed by atoms with Crippen molar-refractivity contribution >= 4 is 22.6 Å². The van der Waals surface area contributed by atoms with Crippen molar-refractivity contribution in [3.05, 3.63) is 59.9 Å². The number of hydrogen-bond acceptors (Lipinski definition) is 3. The molecule has 0 bridgehead atoms. The second kappa shape index (κ2) is 7.82. The summed E-state index contributed by atoms with van der Waals surface area (Å²) in [4.78, 5) is 22.2. The number of fused-ring (bicyclic) bond motifs is 1. The van der Waals surface area contributed by atoms with Gasteiger partial charge in [-0.15, -0.1) is 0 Å². The Labute approximate surface area is 159 Å². The highest BCUT2D eigenvalue weighted by atomic mass is 16.1. The van der Waals surface area contributed by atoms with Gasteiger partial charge in [-0.1, -0.05) is 18.2 Å². The number of carbonyl (C=O) groups is 1. The quantitative estimate of drug-likeness (QED) is 0.722. The molecule has 1 aromatic heterocycles. The highest BCUT2D eigenvalue weighted by Crippen LogP contribution is 2.22. The van der Waals surface area contributed by atoms with Gasteiger partial charge in [0.1, 0.15) is 0 Å². The molecule has 5 heteroatoms. The molecule has 1 amide bonds. The molecule has 1 aliphatic heterocycles. The van der Waals surface area contributed by atoms with Crippen LogP contribution in [0.15, 0.2) is 48.8 Å². The highest BCUT2D eigenvalue weighted by molar-refractivity contribution is 5.81. The number of piperidine rings is 1. The number of carbonyl (C=O) groups excluding carboxylic acids is 1. The maximum Gasteiger partial charge on any atom is 0.224 e. The van der Waals surface area contributed by atoms with E-state index < -0.39 is 0 Å². The average molecular weight is 362 g/mol. The summed E-state index contributed by atoms with van der Waals surface area (Å²) in [5.41, 5.74) is 5.28. The van der Waals surface area contributed by atoms with E-state index in [1.165, 1.54) is 24.9 Å². The van der Waals surface area contributed by atoms with E-state index in [-0.39, 0.29) is 11.9 Å². The van der Waals surface area contributed by atoms with Crippen LogP contribution in [0.1, 0.15) is 43.4 Å². The number of benzene rings is 2. The maximum absolute atomic E-state index is 12.4. The van der Waals surface area contributed by atoms with E-state index in [1.807, 2.05) is 25.1 Å². The van der Waals surface area contributed by atoms with Crippen LogP contribution in [0.5, 0.6) is 0 Å². The Morgan fingerprint density at radius 2 is 1.93 bits per heavy atom. The predicted molar refractivity (Wildman–Crippen MR) is 109 cm³/mol. The Morgan fingerprint density at radius 1 is 1.15 bits per heavy atom. The molecule has 2 aromatic carbocycles. The van der Waals surface area contributed by atoms with Crippen molar-refractivity contribution in [2.24, 2.45) is 0 Å². The van der Waals surface area contributed by atoms with Gasteiger partial charge in [-0.25, -0.2) is 4.98 Å². The number of imidazole rings is 1. The van der Waals surface area contributed by atoms with Gasteiger partial charge in [0.2, 0.25) is 5.91 Å². The third-order valence-corrected chi connectivity index (χ3v) is 5.34. The van der Waals surface area contributed by atoms with E-state index in [2.05, 4.69) is 44.5 Å². The molecule has 27 heavy (non-hydrogen) atoms. The number of hydrogen-bond donors (Lipinski definition) is 2. The Hall–Kier alpha value is -2.82. The number of amides is 1. The van der Waals surface area contributed by atoms with Crippen molar-refractivity contribution in [3.63, 3.8) is 0 Å². The second-order valence-electron chi connectivity index (χ2n) is 7.36. The first-order valence-electron chi connectivity index (χ1n) is 9.75. The summed E-state index contributed by atoms with van der Waals surface area (Å²) >= 11 is 0. The van der Waals surface area contributed by atoms with Crippen LogP contribution in [-0.4, -0.2) is 29.0 Å². The Bertz CT molecular complexity index is 909. The molecular formula is C22H26N4O. The first kappa shape index (κ1) is 17.6. The lowest BCUT2D eigenvalue weighted by atomic mass is 10.1. The third kappa shape index (κ3) is 4.13. The Morgan fingerprint density at radius 3 is 2.70 bits per heavy atom. The van der Waals surface area contributed by atoms with Gasteiger partial charge >= 0.3 is 0 Å². The largest absolute Gasteiger partial charge is 0.372 e. The zero-order valence-corrected chi connectivity index (χ0v) is 15.7. The number of H-pyrrole nitrogens is 1. The van der Waals surface area contributed by atoms with Crippen molar-refractivity contribution in [2.75, 3.05) is 18.0 Å². The van der Waals surface area contributed by atoms with Crippen molar-refractivity contribution in [3.8, 4) is 0 Å². The topological polar surface area (TPSA) is 61.0 Å². The summed E-state index contributed by atoms with van der Waals surface area (Å²) < 4.78 is 0. The van der Waals surface area contributed by atoms with E-state index in [4.69, 9.17) is 0 Å². The minimum Gasteiger partial charge on any atom is -0.372 e. The summed E-state index contributed by atoms with van der Waals surface area (Å²) in [6, 6.07) is 14.5. The molecule has 4 rings (SSSR count). The van der Waals surface area contributed by atoms with E-state index >= 15 is 0 Å². The van der Waals surface area contributed by atoms with E-state index in [9.17, 15) is 4.79 Å². The number of nitrogens with one attached hydrogen (secondary N) is 2. The number of rotatable bonds is 5. The standard InChI is InChI=1S/C22H26N4O/c1-16(18-6-8-19(9-7-18)26-11-3-2-4-12-26)25-22(27)14-17-5-10-20-21(13-17)24-15-23-20/h5-10,13,15-16H,2-4,11-12,14H2,1H3,(H,23,24)(H,25,27)/t16-/m0/s1. The molecular weight excluding hydrogens is 336 g/mol. The van der Waals surface area contributed by atoms with Crippen LogP contribution in [0, 0.1) is 0 Å². The fourth-order valence-corrected chi connectivity index (χ4v) is 3.78. The summed E-state index contributed by atoms with van der Waals surface area (Å²) in [5.74, 6) is 0.0291. The third-order valence-electron chi connectivity index (χ3n) is 5.34. The maximum atomic E-state index is 12.4. The van der Waals surface area contributed by atoms with Crippen molar-refractivity contribution in [1.29, 1.82) is 0 Å². The van der Waals surface area contributed by atoms with Crippen LogP contribution in [0.25, 0.3) is 11.0 Å². The molecule has 2 heterocycles. The Balaban J connectivity index is 1.36. The number of aromatic amines is 1. The normalized spacial score (nSPS) is 15.7. The fraction of sp³-hybridized carbons (Fsp3) is 0.364. The van der Waals surface area contributed by atoms with E-state index in [1.54, 1.807) is 6.33 Å². The van der Waals surface area contributed by atoms with Gasteiger partial charge in [-0.05, 0) is 61.6 Å². The minimum absolute atomic E-state index is 0.0104. The smallest absolute Gasteiger partial charge is 0.224 e. The van der Waals surface area contributed by atoms with Crippen LogP contribution in [0.4, 0.5) is 5.69 Å². The van der Waals surface area contributed by atoms with Crippen LogP contribution in [0.3, 0.4) is 0 Å². The first-order chi connectivity index (χ1) is 13.2. The number of nitrogens with zero attached hydrogens (tertiary/aromatic N) is 2. The number of anilines is 1. The zero-order valence-electron chi connectivity index (χ0n) is 15.7. The molecule has 140 valence electrons. The molecule has 0 saturated carbocycles. The summed E-state index contributed by atoms with van der Waals surface area (Å²) in [6.45, 7) is 4.32. The predicted octanol–water partition coefficient (Wildman–Crippen LogP) is 3.97. The highest BCUT2D eigenvalue weighted by Gasteiger charge is 2.13. The van der Waals surface area contributed by atoms with Crippen LogP contribution >= 0.6 is 0 Å². The van der Waals surface area contributed by atoms with Crippen LogP contribution < -0.4 is 10.2 Å². The molecule has 1 fully saturated rings. The summed E-state index contributed by atoms with van der Waals surface area (Å²) in [7, 11) is 0. The Kier molecular flexibility index (Phi) is 5.10. The first-order valence-corrected chi connectivity index (χ1v) is 9.75. The van der Waals surface area contributed by atoms with Gasteiger partial charge in [0.25, 0.3) is 0 Å². The van der Waals surface area contributed by atoms with Crippen molar-refractivity contribution in [2.45, 2.75) is 38.6 Å².